The summed E-state index contributed by atoms with van der Waals surface area (Å²) in [5.74, 6) is 1.78. The van der Waals surface area contributed by atoms with Gasteiger partial charge in [0.2, 0.25) is 0 Å². The molecule has 82 valence electrons. The zero-order valence-electron chi connectivity index (χ0n) is 9.63. The van der Waals surface area contributed by atoms with Crippen molar-refractivity contribution in [3.05, 3.63) is 0 Å². The molecule has 0 bridgehead atoms. The van der Waals surface area contributed by atoms with Crippen molar-refractivity contribution in [1.82, 2.24) is 4.90 Å². The van der Waals surface area contributed by atoms with Gasteiger partial charge in [0.25, 0.3) is 0 Å². The van der Waals surface area contributed by atoms with Gasteiger partial charge in [-0.25, -0.2) is 0 Å². The SMILES string of the molecule is CC(C)C1CN(C2(CN)CCCC2)C1. The predicted octanol–water partition coefficient (Wildman–Crippen LogP) is 1.85. The van der Waals surface area contributed by atoms with Crippen molar-refractivity contribution >= 4 is 0 Å². The summed E-state index contributed by atoms with van der Waals surface area (Å²) >= 11 is 0. The molecule has 0 aromatic heterocycles. The Kier molecular flexibility index (Phi) is 2.85. The van der Waals surface area contributed by atoms with Crippen LogP contribution < -0.4 is 5.73 Å². The van der Waals surface area contributed by atoms with Gasteiger partial charge in [-0.3, -0.25) is 4.90 Å². The third-order valence-electron chi connectivity index (χ3n) is 4.44. The fraction of sp³-hybridized carbons (Fsp3) is 1.00. The van der Waals surface area contributed by atoms with Gasteiger partial charge in [0.1, 0.15) is 0 Å². The molecular formula is C12H24N2. The molecule has 2 aliphatic rings. The van der Waals surface area contributed by atoms with Crippen molar-refractivity contribution < 1.29 is 0 Å². The smallest absolute Gasteiger partial charge is 0.0332 e. The Morgan fingerprint density at radius 1 is 1.29 bits per heavy atom. The molecule has 0 spiro atoms. The minimum atomic E-state index is 0.408. The van der Waals surface area contributed by atoms with E-state index >= 15 is 0 Å². The van der Waals surface area contributed by atoms with E-state index in [2.05, 4.69) is 18.7 Å². The Morgan fingerprint density at radius 2 is 1.86 bits per heavy atom. The quantitative estimate of drug-likeness (QED) is 0.746. The minimum Gasteiger partial charge on any atom is -0.329 e. The second-order valence-electron chi connectivity index (χ2n) is 5.54. The van der Waals surface area contributed by atoms with Gasteiger partial charge in [0.15, 0.2) is 0 Å². The highest BCUT2D eigenvalue weighted by Crippen LogP contribution is 2.40. The van der Waals surface area contributed by atoms with E-state index in [-0.39, 0.29) is 0 Å². The monoisotopic (exact) mass is 196 g/mol. The summed E-state index contributed by atoms with van der Waals surface area (Å²) in [5.41, 5.74) is 6.37. The fourth-order valence-electron chi connectivity index (χ4n) is 3.00. The van der Waals surface area contributed by atoms with Crippen molar-refractivity contribution in [1.29, 1.82) is 0 Å². The van der Waals surface area contributed by atoms with E-state index in [1.807, 2.05) is 0 Å². The van der Waals surface area contributed by atoms with E-state index in [0.29, 0.717) is 5.54 Å². The van der Waals surface area contributed by atoms with Crippen LogP contribution in [0.15, 0.2) is 0 Å². The van der Waals surface area contributed by atoms with Crippen LogP contribution in [0.2, 0.25) is 0 Å². The molecule has 0 aromatic carbocycles. The maximum atomic E-state index is 5.96. The summed E-state index contributed by atoms with van der Waals surface area (Å²) in [6, 6.07) is 0. The highest BCUT2D eigenvalue weighted by Gasteiger charge is 2.44. The molecule has 1 heterocycles. The first-order chi connectivity index (χ1) is 6.68. The number of rotatable bonds is 3. The summed E-state index contributed by atoms with van der Waals surface area (Å²) in [6.07, 6.45) is 5.46. The molecule has 1 saturated carbocycles. The molecule has 14 heavy (non-hydrogen) atoms. The summed E-state index contributed by atoms with van der Waals surface area (Å²) < 4.78 is 0. The molecule has 1 aliphatic heterocycles. The van der Waals surface area contributed by atoms with E-state index in [1.54, 1.807) is 0 Å². The summed E-state index contributed by atoms with van der Waals surface area (Å²) in [6.45, 7) is 8.15. The maximum absolute atomic E-state index is 5.96. The van der Waals surface area contributed by atoms with Crippen LogP contribution in [0.3, 0.4) is 0 Å². The van der Waals surface area contributed by atoms with Crippen LogP contribution in [0.5, 0.6) is 0 Å². The Labute approximate surface area is 87.8 Å². The molecule has 2 N–H and O–H groups in total. The molecule has 2 nitrogen and oxygen atoms in total. The van der Waals surface area contributed by atoms with E-state index in [9.17, 15) is 0 Å². The third kappa shape index (κ3) is 1.59. The summed E-state index contributed by atoms with van der Waals surface area (Å²) in [7, 11) is 0. The Bertz CT molecular complexity index is 188. The number of nitrogens with two attached hydrogens (primary N) is 1. The third-order valence-corrected chi connectivity index (χ3v) is 4.44. The molecule has 0 amide bonds. The van der Waals surface area contributed by atoms with Crippen molar-refractivity contribution in [3.63, 3.8) is 0 Å². The average molecular weight is 196 g/mol. The topological polar surface area (TPSA) is 29.3 Å². The molecule has 2 rings (SSSR count). The fourth-order valence-corrected chi connectivity index (χ4v) is 3.00. The zero-order valence-corrected chi connectivity index (χ0v) is 9.63. The van der Waals surface area contributed by atoms with E-state index in [4.69, 9.17) is 5.73 Å². The first-order valence-electron chi connectivity index (χ1n) is 6.13. The van der Waals surface area contributed by atoms with Crippen molar-refractivity contribution in [2.45, 2.75) is 45.1 Å². The van der Waals surface area contributed by atoms with Gasteiger partial charge < -0.3 is 5.73 Å². The lowest BCUT2D eigenvalue weighted by Crippen LogP contribution is -2.62. The highest BCUT2D eigenvalue weighted by molar-refractivity contribution is 5.01. The van der Waals surface area contributed by atoms with Crippen molar-refractivity contribution in [2.75, 3.05) is 19.6 Å². The second-order valence-corrected chi connectivity index (χ2v) is 5.54. The lowest BCUT2D eigenvalue weighted by molar-refractivity contribution is -0.0258. The molecule has 1 aliphatic carbocycles. The van der Waals surface area contributed by atoms with Crippen LogP contribution in [-0.4, -0.2) is 30.1 Å². The first kappa shape index (κ1) is 10.4. The normalized spacial score (nSPS) is 28.3. The molecular weight excluding hydrogens is 172 g/mol. The molecule has 0 aromatic rings. The first-order valence-corrected chi connectivity index (χ1v) is 6.13. The standard InChI is InChI=1S/C12H24N2/c1-10(2)11-7-14(8-11)12(9-13)5-3-4-6-12/h10-11H,3-9,13H2,1-2H3. The van der Waals surface area contributed by atoms with Crippen LogP contribution >= 0.6 is 0 Å². The van der Waals surface area contributed by atoms with E-state index < -0.39 is 0 Å². The molecule has 0 unspecified atom stereocenters. The van der Waals surface area contributed by atoms with Gasteiger partial charge >= 0.3 is 0 Å². The maximum Gasteiger partial charge on any atom is 0.0332 e. The summed E-state index contributed by atoms with van der Waals surface area (Å²) in [4.78, 5) is 2.66. The molecule has 2 fully saturated rings. The lowest BCUT2D eigenvalue weighted by Gasteiger charge is -2.52. The number of hydrogen-bond acceptors (Lipinski definition) is 2. The van der Waals surface area contributed by atoms with Crippen LogP contribution in [0.1, 0.15) is 39.5 Å². The lowest BCUT2D eigenvalue weighted by atomic mass is 9.82. The minimum absolute atomic E-state index is 0.408. The average Bonchev–Trinajstić information content (AvgIpc) is 2.50. The Balaban J connectivity index is 1.90. The van der Waals surface area contributed by atoms with E-state index in [1.165, 1.54) is 38.8 Å². The van der Waals surface area contributed by atoms with Gasteiger partial charge in [-0.15, -0.1) is 0 Å². The van der Waals surface area contributed by atoms with Gasteiger partial charge in [-0.2, -0.15) is 0 Å². The molecule has 0 radical (unpaired) electrons. The van der Waals surface area contributed by atoms with Crippen LogP contribution in [-0.2, 0) is 0 Å². The van der Waals surface area contributed by atoms with Gasteiger partial charge in [-0.05, 0) is 24.7 Å². The molecule has 0 atom stereocenters. The predicted molar refractivity (Wildman–Crippen MR) is 60.2 cm³/mol. The van der Waals surface area contributed by atoms with Crippen LogP contribution in [0.4, 0.5) is 0 Å². The van der Waals surface area contributed by atoms with Crippen LogP contribution in [0, 0.1) is 11.8 Å². The number of hydrogen-bond donors (Lipinski definition) is 1. The summed E-state index contributed by atoms with van der Waals surface area (Å²) in [5, 5.41) is 0. The van der Waals surface area contributed by atoms with Gasteiger partial charge in [0, 0.05) is 25.2 Å². The highest BCUT2D eigenvalue weighted by atomic mass is 15.3. The number of likely N-dealkylation sites (tertiary alicyclic amines) is 1. The Hall–Kier alpha value is -0.0800. The molecule has 1 saturated heterocycles. The van der Waals surface area contributed by atoms with Crippen molar-refractivity contribution in [3.8, 4) is 0 Å². The van der Waals surface area contributed by atoms with Gasteiger partial charge in [-0.1, -0.05) is 26.7 Å². The molecule has 2 heteroatoms. The largest absolute Gasteiger partial charge is 0.329 e. The Morgan fingerprint density at radius 3 is 2.29 bits per heavy atom. The zero-order chi connectivity index (χ0) is 10.2. The van der Waals surface area contributed by atoms with E-state index in [0.717, 1.165) is 18.4 Å². The van der Waals surface area contributed by atoms with Crippen molar-refractivity contribution in [2.24, 2.45) is 17.6 Å². The number of nitrogens with zero attached hydrogens (tertiary/aromatic N) is 1. The second kappa shape index (κ2) is 3.82. The van der Waals surface area contributed by atoms with Crippen LogP contribution in [0.25, 0.3) is 0 Å². The van der Waals surface area contributed by atoms with Gasteiger partial charge in [0.05, 0.1) is 0 Å².